The molecule has 10 nitrogen and oxygen atoms in total. The minimum absolute atomic E-state index is 0.0461. The van der Waals surface area contributed by atoms with Crippen LogP contribution >= 0.6 is 23.2 Å². The molecule has 13 heteroatoms. The molecule has 3 aromatic rings. The Morgan fingerprint density at radius 2 is 1.73 bits per heavy atom. The third kappa shape index (κ3) is 6.23. The van der Waals surface area contributed by atoms with Gasteiger partial charge in [0.2, 0.25) is 21.8 Å². The summed E-state index contributed by atoms with van der Waals surface area (Å²) in [5.74, 6) is -0.791. The van der Waals surface area contributed by atoms with Crippen molar-refractivity contribution in [1.82, 2.24) is 19.8 Å². The average Bonchev–Trinajstić information content (AvgIpc) is 3.65. The average molecular weight is 622 g/mol. The summed E-state index contributed by atoms with van der Waals surface area (Å²) in [5.41, 5.74) is 0.588. The van der Waals surface area contributed by atoms with Gasteiger partial charge in [-0.2, -0.15) is 0 Å². The Kier molecular flexibility index (Phi) is 8.34. The number of nitrogens with one attached hydrogen (secondary N) is 2. The monoisotopic (exact) mass is 620 g/mol. The molecule has 2 saturated heterocycles. The van der Waals surface area contributed by atoms with Crippen molar-refractivity contribution < 1.29 is 27.2 Å². The molecule has 2 N–H and O–H groups in total. The van der Waals surface area contributed by atoms with Crippen LogP contribution in [0.1, 0.15) is 37.2 Å². The zero-order valence-electron chi connectivity index (χ0n) is 22.5. The van der Waals surface area contributed by atoms with Crippen molar-refractivity contribution in [2.45, 2.75) is 49.7 Å². The Balaban J connectivity index is 1.20. The zero-order valence-corrected chi connectivity index (χ0v) is 24.8. The lowest BCUT2D eigenvalue weighted by atomic mass is 10.0. The van der Waals surface area contributed by atoms with E-state index in [1.165, 1.54) is 18.2 Å². The molecular weight excluding hydrogens is 591 g/mol. The summed E-state index contributed by atoms with van der Waals surface area (Å²) >= 11 is 11.9. The molecule has 218 valence electrons. The maximum Gasteiger partial charge on any atom is 0.287 e. The predicted molar refractivity (Wildman–Crippen MR) is 154 cm³/mol. The SMILES string of the molecule is CC(C)C[C@H](NC(=O)c1cc2ccccc2o1)C(=O)N1C[C@@H]2C[C@H]1CN2C(=O)CNS(=O)(=O)c1ccc(Cl)cc1Cl. The fraction of sp³-hybridized carbons (Fsp3) is 0.393. The van der Waals surface area contributed by atoms with E-state index >= 15 is 0 Å². The number of benzene rings is 2. The van der Waals surface area contributed by atoms with Crippen molar-refractivity contribution in [1.29, 1.82) is 0 Å². The highest BCUT2D eigenvalue weighted by atomic mass is 35.5. The van der Waals surface area contributed by atoms with Gasteiger partial charge in [-0.1, -0.05) is 55.2 Å². The van der Waals surface area contributed by atoms with E-state index in [-0.39, 0.29) is 46.1 Å². The molecule has 2 fully saturated rings. The van der Waals surface area contributed by atoms with Gasteiger partial charge in [0.1, 0.15) is 16.5 Å². The quantitative estimate of drug-likeness (QED) is 0.375. The number of carbonyl (C=O) groups is 3. The van der Waals surface area contributed by atoms with Crippen LogP contribution in [0.4, 0.5) is 0 Å². The van der Waals surface area contributed by atoms with Gasteiger partial charge < -0.3 is 19.5 Å². The van der Waals surface area contributed by atoms with Crippen LogP contribution in [-0.2, 0) is 19.6 Å². The second-order valence-corrected chi connectivity index (χ2v) is 13.4. The molecule has 2 bridgehead atoms. The Labute approximate surface area is 248 Å². The van der Waals surface area contributed by atoms with Crippen LogP contribution in [0.5, 0.6) is 0 Å². The smallest absolute Gasteiger partial charge is 0.287 e. The highest BCUT2D eigenvalue weighted by molar-refractivity contribution is 7.89. The Morgan fingerprint density at radius 1 is 1.02 bits per heavy atom. The van der Waals surface area contributed by atoms with E-state index in [9.17, 15) is 22.8 Å². The summed E-state index contributed by atoms with van der Waals surface area (Å²) in [6, 6.07) is 11.7. The third-order valence-corrected chi connectivity index (χ3v) is 9.52. The van der Waals surface area contributed by atoms with Gasteiger partial charge in [-0.25, -0.2) is 13.1 Å². The molecule has 5 rings (SSSR count). The molecule has 0 unspecified atom stereocenters. The van der Waals surface area contributed by atoms with Gasteiger partial charge in [-0.15, -0.1) is 0 Å². The third-order valence-electron chi connectivity index (χ3n) is 7.40. The summed E-state index contributed by atoms with van der Waals surface area (Å²) in [6.07, 6.45) is 1.02. The molecule has 2 aliphatic heterocycles. The van der Waals surface area contributed by atoms with Crippen LogP contribution in [0.2, 0.25) is 10.0 Å². The summed E-state index contributed by atoms with van der Waals surface area (Å²) in [7, 11) is -4.04. The molecular formula is C28H30Cl2N4O6S. The highest BCUT2D eigenvalue weighted by Crippen LogP contribution is 2.32. The first-order valence-electron chi connectivity index (χ1n) is 13.3. The van der Waals surface area contributed by atoms with Crippen LogP contribution in [0.3, 0.4) is 0 Å². The number of piperazine rings is 1. The molecule has 2 aromatic carbocycles. The van der Waals surface area contributed by atoms with Gasteiger partial charge in [0.05, 0.1) is 23.7 Å². The normalized spacial score (nSPS) is 19.2. The molecule has 3 amide bonds. The van der Waals surface area contributed by atoms with Crippen LogP contribution < -0.4 is 10.0 Å². The zero-order chi connectivity index (χ0) is 29.5. The molecule has 0 aliphatic carbocycles. The summed E-state index contributed by atoms with van der Waals surface area (Å²) in [6.45, 7) is 4.09. The van der Waals surface area contributed by atoms with Crippen molar-refractivity contribution >= 4 is 61.9 Å². The van der Waals surface area contributed by atoms with Gasteiger partial charge in [0.15, 0.2) is 5.76 Å². The second kappa shape index (κ2) is 11.6. The molecule has 0 radical (unpaired) electrons. The number of nitrogens with zero attached hydrogens (tertiary/aromatic N) is 2. The molecule has 0 saturated carbocycles. The number of sulfonamides is 1. The lowest BCUT2D eigenvalue weighted by Gasteiger charge is -2.36. The van der Waals surface area contributed by atoms with Crippen LogP contribution in [0.25, 0.3) is 11.0 Å². The van der Waals surface area contributed by atoms with Crippen molar-refractivity contribution in [3.05, 3.63) is 64.3 Å². The van der Waals surface area contributed by atoms with Gasteiger partial charge >= 0.3 is 0 Å². The Hall–Kier alpha value is -3.12. The van der Waals surface area contributed by atoms with Crippen molar-refractivity contribution in [2.24, 2.45) is 5.92 Å². The van der Waals surface area contributed by atoms with Crippen molar-refractivity contribution in [3.8, 4) is 0 Å². The summed E-state index contributed by atoms with van der Waals surface area (Å²) < 4.78 is 33.4. The van der Waals surface area contributed by atoms with Crippen molar-refractivity contribution in [2.75, 3.05) is 19.6 Å². The number of hydrogen-bond donors (Lipinski definition) is 2. The molecule has 0 spiro atoms. The van der Waals surface area contributed by atoms with Gasteiger partial charge in [0, 0.05) is 23.5 Å². The highest BCUT2D eigenvalue weighted by Gasteiger charge is 2.48. The fourth-order valence-electron chi connectivity index (χ4n) is 5.49. The van der Waals surface area contributed by atoms with Gasteiger partial charge in [0.25, 0.3) is 5.91 Å². The number of para-hydroxylation sites is 1. The molecule has 2 aliphatic rings. The number of amides is 3. The van der Waals surface area contributed by atoms with E-state index in [1.807, 2.05) is 32.0 Å². The predicted octanol–water partition coefficient (Wildman–Crippen LogP) is 3.67. The van der Waals surface area contributed by atoms with Crippen LogP contribution in [0, 0.1) is 5.92 Å². The van der Waals surface area contributed by atoms with E-state index in [0.717, 1.165) is 5.39 Å². The lowest BCUT2D eigenvalue weighted by molar-refractivity contribution is -0.140. The first kappa shape index (κ1) is 29.4. The minimum atomic E-state index is -4.04. The van der Waals surface area contributed by atoms with Crippen LogP contribution in [-0.4, -0.2) is 73.7 Å². The van der Waals surface area contributed by atoms with Gasteiger partial charge in [-0.3, -0.25) is 14.4 Å². The maximum absolute atomic E-state index is 13.6. The topological polar surface area (TPSA) is 129 Å². The van der Waals surface area contributed by atoms with Gasteiger partial charge in [-0.05, 0) is 49.1 Å². The van der Waals surface area contributed by atoms with E-state index in [2.05, 4.69) is 10.0 Å². The number of fused-ring (bicyclic) bond motifs is 3. The minimum Gasteiger partial charge on any atom is -0.451 e. The number of furan rings is 1. The number of likely N-dealkylation sites (tertiary alicyclic amines) is 2. The molecule has 1 aromatic heterocycles. The van der Waals surface area contributed by atoms with E-state index in [4.69, 9.17) is 27.6 Å². The number of hydrogen-bond acceptors (Lipinski definition) is 6. The standard InChI is InChI=1S/C28H30Cl2N4O6S/c1-16(2)9-22(32-27(36)24-10-17-5-3-4-6-23(17)40-24)28(37)34-15-19-12-20(34)14-33(19)26(35)13-31-41(38,39)25-8-7-18(29)11-21(25)30/h3-8,10-11,16,19-20,22,31H,9,12-15H2,1-2H3,(H,32,36)/t19-,20-,22-/m0/s1. The summed E-state index contributed by atoms with van der Waals surface area (Å²) in [5, 5.41) is 3.90. The largest absolute Gasteiger partial charge is 0.451 e. The second-order valence-electron chi connectivity index (χ2n) is 10.8. The Morgan fingerprint density at radius 3 is 2.39 bits per heavy atom. The van der Waals surface area contributed by atoms with Crippen molar-refractivity contribution in [3.63, 3.8) is 0 Å². The first-order valence-corrected chi connectivity index (χ1v) is 15.5. The van der Waals surface area contributed by atoms with E-state index < -0.39 is 34.4 Å². The number of carbonyl (C=O) groups excluding carboxylic acids is 3. The van der Waals surface area contributed by atoms with E-state index in [1.54, 1.807) is 21.9 Å². The lowest BCUT2D eigenvalue weighted by Crippen LogP contribution is -2.57. The number of rotatable bonds is 9. The maximum atomic E-state index is 13.6. The number of halogens is 2. The molecule has 41 heavy (non-hydrogen) atoms. The Bertz CT molecular complexity index is 1570. The summed E-state index contributed by atoms with van der Waals surface area (Å²) in [4.78, 5) is 42.8. The molecule has 3 heterocycles. The van der Waals surface area contributed by atoms with E-state index in [0.29, 0.717) is 30.0 Å². The first-order chi connectivity index (χ1) is 19.4. The molecule has 3 atom stereocenters. The fourth-order valence-corrected chi connectivity index (χ4v) is 7.23. The van der Waals surface area contributed by atoms with Crippen LogP contribution in [0.15, 0.2) is 57.8 Å².